The van der Waals surface area contributed by atoms with Gasteiger partial charge in [-0.15, -0.1) is 0 Å². The molecule has 3 nitrogen and oxygen atoms in total. The van der Waals surface area contributed by atoms with E-state index >= 15 is 0 Å². The van der Waals surface area contributed by atoms with Crippen molar-refractivity contribution in [2.75, 3.05) is 5.73 Å². The quantitative estimate of drug-likeness (QED) is 0.673. The molecule has 62 valence electrons. The molecule has 0 amide bonds. The van der Waals surface area contributed by atoms with E-state index in [2.05, 4.69) is 11.6 Å². The fourth-order valence-corrected chi connectivity index (χ4v) is 0.878. The summed E-state index contributed by atoms with van der Waals surface area (Å²) in [6.45, 7) is 3.38. The molecule has 0 aliphatic carbocycles. The van der Waals surface area contributed by atoms with Crippen LogP contribution < -0.4 is 5.73 Å². The van der Waals surface area contributed by atoms with Crippen molar-refractivity contribution in [3.63, 3.8) is 0 Å². The van der Waals surface area contributed by atoms with Gasteiger partial charge in [0.05, 0.1) is 0 Å². The first-order chi connectivity index (χ1) is 5.72. The van der Waals surface area contributed by atoms with Gasteiger partial charge < -0.3 is 5.73 Å². The third-order valence-electron chi connectivity index (χ3n) is 1.45. The Balaban J connectivity index is 2.76. The molecule has 0 aromatic carbocycles. The summed E-state index contributed by atoms with van der Waals surface area (Å²) in [5, 5.41) is 0. The molecule has 12 heavy (non-hydrogen) atoms. The van der Waals surface area contributed by atoms with Gasteiger partial charge in [0.15, 0.2) is 5.78 Å². The Morgan fingerprint density at radius 1 is 1.75 bits per heavy atom. The molecule has 1 aromatic heterocycles. The zero-order chi connectivity index (χ0) is 8.97. The maximum Gasteiger partial charge on any atom is 0.159 e. The van der Waals surface area contributed by atoms with Crippen molar-refractivity contribution in [2.24, 2.45) is 0 Å². The fourth-order valence-electron chi connectivity index (χ4n) is 0.878. The number of allylic oxidation sites excluding steroid dienone is 1. The Labute approximate surface area is 70.9 Å². The first-order valence-corrected chi connectivity index (χ1v) is 3.58. The number of hydrogen-bond donors (Lipinski definition) is 1. The van der Waals surface area contributed by atoms with E-state index in [9.17, 15) is 4.79 Å². The summed E-state index contributed by atoms with van der Waals surface area (Å²) in [6.07, 6.45) is 3.23. The van der Waals surface area contributed by atoms with Crippen molar-refractivity contribution in [1.29, 1.82) is 0 Å². The van der Waals surface area contributed by atoms with Gasteiger partial charge in [0, 0.05) is 12.6 Å². The second kappa shape index (κ2) is 3.67. The van der Waals surface area contributed by atoms with Crippen LogP contribution in [0.1, 0.15) is 5.56 Å². The zero-order valence-electron chi connectivity index (χ0n) is 6.66. The molecule has 0 radical (unpaired) electrons. The Kier molecular flexibility index (Phi) is 2.58. The number of carbonyl (C=O) groups excluding carboxylic acids is 1. The number of carbonyl (C=O) groups is 1. The molecule has 0 atom stereocenters. The average Bonchev–Trinajstić information content (AvgIpc) is 2.04. The molecule has 0 saturated heterocycles. The maximum atomic E-state index is 10.9. The van der Waals surface area contributed by atoms with Gasteiger partial charge in [0.2, 0.25) is 0 Å². The van der Waals surface area contributed by atoms with Gasteiger partial charge in [0.1, 0.15) is 5.82 Å². The first kappa shape index (κ1) is 8.46. The van der Waals surface area contributed by atoms with Gasteiger partial charge in [-0.1, -0.05) is 6.58 Å². The van der Waals surface area contributed by atoms with Gasteiger partial charge in [-0.2, -0.15) is 0 Å². The van der Waals surface area contributed by atoms with Crippen LogP contribution in [0, 0.1) is 0 Å². The zero-order valence-corrected chi connectivity index (χ0v) is 6.66. The van der Waals surface area contributed by atoms with Crippen molar-refractivity contribution in [3.05, 3.63) is 36.5 Å². The minimum Gasteiger partial charge on any atom is -0.384 e. The summed E-state index contributed by atoms with van der Waals surface area (Å²) in [4.78, 5) is 14.7. The predicted molar refractivity (Wildman–Crippen MR) is 47.6 cm³/mol. The molecule has 0 saturated carbocycles. The molecule has 0 aliphatic rings. The van der Waals surface area contributed by atoms with Gasteiger partial charge in [0.25, 0.3) is 0 Å². The number of aromatic nitrogens is 1. The van der Waals surface area contributed by atoms with Crippen LogP contribution in [-0.4, -0.2) is 10.8 Å². The van der Waals surface area contributed by atoms with E-state index in [0.29, 0.717) is 12.2 Å². The minimum absolute atomic E-state index is 0.0133. The number of rotatable bonds is 3. The number of ketones is 1. The summed E-state index contributed by atoms with van der Waals surface area (Å²) in [5.74, 6) is 0.421. The van der Waals surface area contributed by atoms with E-state index in [1.54, 1.807) is 18.3 Å². The molecule has 1 rings (SSSR count). The Morgan fingerprint density at radius 3 is 3.08 bits per heavy atom. The summed E-state index contributed by atoms with van der Waals surface area (Å²) in [6, 6.07) is 3.44. The van der Waals surface area contributed by atoms with Gasteiger partial charge >= 0.3 is 0 Å². The van der Waals surface area contributed by atoms with Crippen LogP contribution in [0.25, 0.3) is 0 Å². The van der Waals surface area contributed by atoms with Gasteiger partial charge in [-0.3, -0.25) is 4.79 Å². The predicted octanol–water partition coefficient (Wildman–Crippen LogP) is 0.961. The third-order valence-corrected chi connectivity index (χ3v) is 1.45. The number of pyridine rings is 1. The van der Waals surface area contributed by atoms with E-state index in [1.807, 2.05) is 0 Å². The molecule has 0 unspecified atom stereocenters. The lowest BCUT2D eigenvalue weighted by Gasteiger charge is -1.97. The number of hydrogen-bond acceptors (Lipinski definition) is 3. The van der Waals surface area contributed by atoms with Crippen molar-refractivity contribution >= 4 is 11.6 Å². The standard InChI is InChI=1S/C9H10N2O/c1-2-8(12)5-7-3-4-11-9(10)6-7/h2-4,6H,1,5H2,(H2,10,11). The molecule has 0 bridgehead atoms. The van der Waals surface area contributed by atoms with Crippen LogP contribution in [0.2, 0.25) is 0 Å². The highest BCUT2D eigenvalue weighted by Gasteiger charge is 1.98. The molecule has 3 heteroatoms. The average molecular weight is 162 g/mol. The molecular formula is C9H10N2O. The monoisotopic (exact) mass is 162 g/mol. The lowest BCUT2D eigenvalue weighted by molar-refractivity contribution is -0.114. The second-order valence-corrected chi connectivity index (χ2v) is 2.44. The highest BCUT2D eigenvalue weighted by molar-refractivity contribution is 5.90. The number of nitrogen functional groups attached to an aromatic ring is 1. The largest absolute Gasteiger partial charge is 0.384 e. The van der Waals surface area contributed by atoms with E-state index in [1.165, 1.54) is 6.08 Å². The molecule has 1 heterocycles. The van der Waals surface area contributed by atoms with Crippen molar-refractivity contribution in [3.8, 4) is 0 Å². The van der Waals surface area contributed by atoms with E-state index in [4.69, 9.17) is 5.73 Å². The number of nitrogens with zero attached hydrogens (tertiary/aromatic N) is 1. The molecule has 0 fully saturated rings. The molecule has 1 aromatic rings. The molecule has 0 aliphatic heterocycles. The highest BCUT2D eigenvalue weighted by Crippen LogP contribution is 2.04. The normalized spacial score (nSPS) is 9.33. The lowest BCUT2D eigenvalue weighted by atomic mass is 10.1. The first-order valence-electron chi connectivity index (χ1n) is 3.58. The van der Waals surface area contributed by atoms with E-state index in [0.717, 1.165) is 5.56 Å². The number of anilines is 1. The smallest absolute Gasteiger partial charge is 0.159 e. The highest BCUT2D eigenvalue weighted by atomic mass is 16.1. The Hall–Kier alpha value is -1.64. The van der Waals surface area contributed by atoms with Gasteiger partial charge in [-0.05, 0) is 23.8 Å². The summed E-state index contributed by atoms with van der Waals surface area (Å²) < 4.78 is 0. The van der Waals surface area contributed by atoms with E-state index < -0.39 is 0 Å². The van der Waals surface area contributed by atoms with Crippen molar-refractivity contribution < 1.29 is 4.79 Å². The Morgan fingerprint density at radius 2 is 2.50 bits per heavy atom. The molecular weight excluding hydrogens is 152 g/mol. The van der Waals surface area contributed by atoms with Crippen molar-refractivity contribution in [1.82, 2.24) is 4.98 Å². The Bertz CT molecular complexity index is 307. The van der Waals surface area contributed by atoms with Crippen molar-refractivity contribution in [2.45, 2.75) is 6.42 Å². The summed E-state index contributed by atoms with van der Waals surface area (Å²) in [7, 11) is 0. The van der Waals surface area contributed by atoms with Gasteiger partial charge in [-0.25, -0.2) is 4.98 Å². The second-order valence-electron chi connectivity index (χ2n) is 2.44. The van der Waals surface area contributed by atoms with Crippen LogP contribution >= 0.6 is 0 Å². The van der Waals surface area contributed by atoms with Crippen LogP contribution in [0.5, 0.6) is 0 Å². The van der Waals surface area contributed by atoms with Crippen LogP contribution in [0.3, 0.4) is 0 Å². The van der Waals surface area contributed by atoms with Crippen LogP contribution in [0.4, 0.5) is 5.82 Å². The summed E-state index contributed by atoms with van der Waals surface area (Å²) in [5.41, 5.74) is 6.30. The van der Waals surface area contributed by atoms with Crippen LogP contribution in [-0.2, 0) is 11.2 Å². The lowest BCUT2D eigenvalue weighted by Crippen LogP contribution is -1.99. The molecule has 2 N–H and O–H groups in total. The van der Waals surface area contributed by atoms with Crippen LogP contribution in [0.15, 0.2) is 31.0 Å². The maximum absolute atomic E-state index is 10.9. The number of nitrogens with two attached hydrogens (primary N) is 1. The minimum atomic E-state index is -0.0133. The topological polar surface area (TPSA) is 56.0 Å². The summed E-state index contributed by atoms with van der Waals surface area (Å²) >= 11 is 0. The SMILES string of the molecule is C=CC(=O)Cc1ccnc(N)c1. The third kappa shape index (κ3) is 2.20. The fraction of sp³-hybridized carbons (Fsp3) is 0.111. The molecule has 0 spiro atoms. The van der Waals surface area contributed by atoms with E-state index in [-0.39, 0.29) is 5.78 Å².